The lowest BCUT2D eigenvalue weighted by Crippen LogP contribution is -2.10. The molecule has 0 bridgehead atoms. The number of amides is 1. The Labute approximate surface area is 158 Å². The van der Waals surface area contributed by atoms with E-state index in [0.29, 0.717) is 33.8 Å². The topological polar surface area (TPSA) is 124 Å². The molecule has 8 nitrogen and oxygen atoms in total. The van der Waals surface area contributed by atoms with Gasteiger partial charge in [0, 0.05) is 5.69 Å². The van der Waals surface area contributed by atoms with Gasteiger partial charge < -0.3 is 24.4 Å². The number of nitriles is 1. The highest BCUT2D eigenvalue weighted by atomic mass is 16.5. The molecular formula is C20H14N4O4. The largest absolute Gasteiger partial charge is 0.484 e. The van der Waals surface area contributed by atoms with Crippen molar-refractivity contribution in [3.8, 4) is 11.8 Å². The molecule has 0 spiro atoms. The Kier molecular flexibility index (Phi) is 4.40. The molecule has 4 aromatic rings. The highest BCUT2D eigenvalue weighted by molar-refractivity contribution is 6.03. The van der Waals surface area contributed by atoms with Crippen molar-refractivity contribution in [1.82, 2.24) is 9.97 Å². The van der Waals surface area contributed by atoms with Crippen LogP contribution in [-0.4, -0.2) is 15.9 Å². The molecule has 1 amide bonds. The van der Waals surface area contributed by atoms with Gasteiger partial charge in [-0.25, -0.2) is 4.79 Å². The average Bonchev–Trinajstić information content (AvgIpc) is 3.32. The predicted octanol–water partition coefficient (Wildman–Crippen LogP) is 3.15. The molecule has 8 heteroatoms. The van der Waals surface area contributed by atoms with Gasteiger partial charge in [0.15, 0.2) is 5.76 Å². The molecule has 0 unspecified atom stereocenters. The molecular weight excluding hydrogens is 360 g/mol. The van der Waals surface area contributed by atoms with Crippen molar-refractivity contribution in [3.05, 3.63) is 82.2 Å². The first-order valence-corrected chi connectivity index (χ1v) is 8.36. The molecule has 0 saturated carbocycles. The number of nitrogens with one attached hydrogen (secondary N) is 3. The minimum Gasteiger partial charge on any atom is -0.484 e. The van der Waals surface area contributed by atoms with Gasteiger partial charge in [0.1, 0.15) is 24.2 Å². The van der Waals surface area contributed by atoms with Crippen LogP contribution >= 0.6 is 0 Å². The molecule has 28 heavy (non-hydrogen) atoms. The van der Waals surface area contributed by atoms with Crippen LogP contribution in [0.3, 0.4) is 0 Å². The van der Waals surface area contributed by atoms with Gasteiger partial charge in [-0.15, -0.1) is 0 Å². The molecule has 2 heterocycles. The zero-order valence-electron chi connectivity index (χ0n) is 14.5. The Hall–Kier alpha value is -4.25. The molecule has 2 aromatic heterocycles. The fraction of sp³-hybridized carbons (Fsp3) is 0.0500. The molecule has 4 rings (SSSR count). The minimum atomic E-state index is -0.430. The number of H-pyrrole nitrogens is 2. The van der Waals surface area contributed by atoms with E-state index in [1.54, 1.807) is 54.6 Å². The highest BCUT2D eigenvalue weighted by Gasteiger charge is 2.13. The third-order valence-electron chi connectivity index (χ3n) is 4.04. The minimum absolute atomic E-state index is 0.0858. The molecule has 138 valence electrons. The Morgan fingerprint density at radius 2 is 1.93 bits per heavy atom. The third-order valence-corrected chi connectivity index (χ3v) is 4.04. The summed E-state index contributed by atoms with van der Waals surface area (Å²) >= 11 is 0. The number of carbonyl (C=O) groups is 1. The average molecular weight is 374 g/mol. The van der Waals surface area contributed by atoms with Crippen LogP contribution in [0.5, 0.6) is 5.75 Å². The molecule has 2 aromatic carbocycles. The summed E-state index contributed by atoms with van der Waals surface area (Å²) in [5, 5.41) is 11.8. The van der Waals surface area contributed by atoms with Crippen LogP contribution < -0.4 is 15.7 Å². The van der Waals surface area contributed by atoms with E-state index in [1.807, 2.05) is 0 Å². The Morgan fingerprint density at radius 3 is 2.79 bits per heavy atom. The number of aromatic amines is 2. The number of anilines is 1. The van der Waals surface area contributed by atoms with Crippen LogP contribution in [0.25, 0.3) is 11.0 Å². The van der Waals surface area contributed by atoms with E-state index < -0.39 is 5.91 Å². The van der Waals surface area contributed by atoms with Crippen LogP contribution in [0.15, 0.2) is 63.8 Å². The second kappa shape index (κ2) is 7.17. The first kappa shape index (κ1) is 17.2. The van der Waals surface area contributed by atoms with Gasteiger partial charge in [0.2, 0.25) is 0 Å². The van der Waals surface area contributed by atoms with Gasteiger partial charge in [0.05, 0.1) is 16.6 Å². The number of imidazole rings is 1. The number of ether oxygens (including phenoxy) is 1. The Bertz CT molecular complexity index is 1260. The smallest absolute Gasteiger partial charge is 0.323 e. The number of hydrogen-bond donors (Lipinski definition) is 3. The number of fused-ring (bicyclic) bond motifs is 1. The second-order valence-corrected chi connectivity index (χ2v) is 5.96. The van der Waals surface area contributed by atoms with E-state index >= 15 is 0 Å². The maximum atomic E-state index is 12.4. The summed E-state index contributed by atoms with van der Waals surface area (Å²) in [5.74, 6) is 0.584. The van der Waals surface area contributed by atoms with Crippen LogP contribution in [0.2, 0.25) is 0 Å². The number of benzene rings is 2. The molecule has 0 aliphatic heterocycles. The van der Waals surface area contributed by atoms with Crippen molar-refractivity contribution >= 4 is 22.6 Å². The van der Waals surface area contributed by atoms with Crippen molar-refractivity contribution in [3.63, 3.8) is 0 Å². The summed E-state index contributed by atoms with van der Waals surface area (Å²) in [4.78, 5) is 28.9. The molecule has 0 aliphatic rings. The number of rotatable bonds is 5. The molecule has 0 aliphatic carbocycles. The second-order valence-electron chi connectivity index (χ2n) is 5.96. The zero-order valence-corrected chi connectivity index (χ0v) is 14.5. The molecule has 0 fully saturated rings. The van der Waals surface area contributed by atoms with Gasteiger partial charge in [-0.05, 0) is 42.5 Å². The van der Waals surface area contributed by atoms with Gasteiger partial charge >= 0.3 is 5.69 Å². The molecule has 3 N–H and O–H groups in total. The predicted molar refractivity (Wildman–Crippen MR) is 101 cm³/mol. The van der Waals surface area contributed by atoms with E-state index in [1.165, 1.54) is 0 Å². The van der Waals surface area contributed by atoms with Crippen LogP contribution in [0, 0.1) is 11.3 Å². The first-order valence-electron chi connectivity index (χ1n) is 8.36. The summed E-state index contributed by atoms with van der Waals surface area (Å²) in [6.45, 7) is 0.0858. The lowest BCUT2D eigenvalue weighted by atomic mass is 10.2. The molecule has 0 atom stereocenters. The fourth-order valence-corrected chi connectivity index (χ4v) is 2.71. The van der Waals surface area contributed by atoms with Gasteiger partial charge in [-0.3, -0.25) is 4.79 Å². The normalized spacial score (nSPS) is 10.5. The van der Waals surface area contributed by atoms with Crippen LogP contribution in [0.4, 0.5) is 5.69 Å². The Balaban J connectivity index is 1.43. The van der Waals surface area contributed by atoms with E-state index in [9.17, 15) is 9.59 Å². The number of carbonyl (C=O) groups excluding carboxylic acids is 1. The van der Waals surface area contributed by atoms with Gasteiger partial charge in [-0.2, -0.15) is 5.26 Å². The van der Waals surface area contributed by atoms with E-state index in [2.05, 4.69) is 21.4 Å². The number of hydrogen-bond acceptors (Lipinski definition) is 5. The zero-order chi connectivity index (χ0) is 19.5. The Morgan fingerprint density at radius 1 is 1.11 bits per heavy atom. The first-order chi connectivity index (χ1) is 13.6. The van der Waals surface area contributed by atoms with Crippen molar-refractivity contribution < 1.29 is 13.9 Å². The molecule has 0 saturated heterocycles. The van der Waals surface area contributed by atoms with Crippen LogP contribution in [-0.2, 0) is 6.61 Å². The number of furan rings is 1. The molecule has 0 radical (unpaired) electrons. The van der Waals surface area contributed by atoms with Crippen molar-refractivity contribution in [2.24, 2.45) is 0 Å². The van der Waals surface area contributed by atoms with Crippen LogP contribution in [0.1, 0.15) is 21.9 Å². The number of nitrogens with zero attached hydrogens (tertiary/aromatic N) is 1. The van der Waals surface area contributed by atoms with E-state index in [4.69, 9.17) is 14.4 Å². The fourth-order valence-electron chi connectivity index (χ4n) is 2.71. The van der Waals surface area contributed by atoms with Gasteiger partial charge in [-0.1, -0.05) is 12.1 Å². The standard InChI is InChI=1S/C20H14N4O4/c21-10-12-3-1-2-4-17(12)27-11-14-6-8-18(28-14)19(25)22-13-5-7-15-16(9-13)24-20(26)23-15/h1-9H,11H2,(H,22,25)(H2,23,24,26). The summed E-state index contributed by atoms with van der Waals surface area (Å²) in [7, 11) is 0. The monoisotopic (exact) mass is 374 g/mol. The van der Waals surface area contributed by atoms with E-state index in [0.717, 1.165) is 0 Å². The SMILES string of the molecule is N#Cc1ccccc1OCc1ccc(C(=O)Nc2ccc3[nH]c(=O)[nH]c3c2)o1. The maximum Gasteiger partial charge on any atom is 0.323 e. The van der Waals surface area contributed by atoms with Gasteiger partial charge in [0.25, 0.3) is 5.91 Å². The summed E-state index contributed by atoms with van der Waals surface area (Å²) in [6.07, 6.45) is 0. The highest BCUT2D eigenvalue weighted by Crippen LogP contribution is 2.20. The quantitative estimate of drug-likeness (QED) is 0.495. The van der Waals surface area contributed by atoms with Crippen molar-refractivity contribution in [2.75, 3.05) is 5.32 Å². The number of para-hydroxylation sites is 1. The van der Waals surface area contributed by atoms with Crippen molar-refractivity contribution in [1.29, 1.82) is 5.26 Å². The maximum absolute atomic E-state index is 12.4. The third kappa shape index (κ3) is 3.50. The number of aromatic nitrogens is 2. The summed E-state index contributed by atoms with van der Waals surface area (Å²) < 4.78 is 11.1. The summed E-state index contributed by atoms with van der Waals surface area (Å²) in [6, 6.07) is 17.1. The van der Waals surface area contributed by atoms with Crippen molar-refractivity contribution in [2.45, 2.75) is 6.61 Å². The lowest BCUT2D eigenvalue weighted by Gasteiger charge is -2.06. The lowest BCUT2D eigenvalue weighted by molar-refractivity contribution is 0.0992. The van der Waals surface area contributed by atoms with E-state index in [-0.39, 0.29) is 18.1 Å². The summed E-state index contributed by atoms with van der Waals surface area (Å²) in [5.41, 5.74) is 1.87.